The van der Waals surface area contributed by atoms with Crippen molar-refractivity contribution in [2.45, 2.75) is 43.8 Å². The largest absolute Gasteiger partial charge is 0.349 e. The molecule has 3 heterocycles. The highest BCUT2D eigenvalue weighted by Gasteiger charge is 2.26. The molecular formula is C25H25ClN4O2S. The van der Waals surface area contributed by atoms with Gasteiger partial charge in [0.25, 0.3) is 5.56 Å². The van der Waals surface area contributed by atoms with Crippen molar-refractivity contribution in [3.8, 4) is 5.69 Å². The summed E-state index contributed by atoms with van der Waals surface area (Å²) in [6, 6.07) is 15.2. The molecule has 0 radical (unpaired) electrons. The first-order valence-electron chi connectivity index (χ1n) is 11.3. The second kappa shape index (κ2) is 9.23. The summed E-state index contributed by atoms with van der Waals surface area (Å²) < 4.78 is 1.55. The quantitative estimate of drug-likeness (QED) is 0.306. The lowest BCUT2D eigenvalue weighted by Gasteiger charge is -2.35. The second-order valence-electron chi connectivity index (χ2n) is 8.34. The third kappa shape index (κ3) is 4.15. The van der Waals surface area contributed by atoms with Crippen molar-refractivity contribution in [2.75, 3.05) is 12.3 Å². The Bertz CT molecular complexity index is 1400. The number of fused-ring (bicyclic) bond motifs is 3. The fourth-order valence-electron chi connectivity index (χ4n) is 4.64. The van der Waals surface area contributed by atoms with E-state index in [2.05, 4.69) is 11.9 Å². The number of carbonyl (C=O) groups is 1. The summed E-state index contributed by atoms with van der Waals surface area (Å²) in [5.74, 6) is 0.328. The molecule has 4 aromatic rings. The number of nitrogens with zero attached hydrogens (tertiary/aromatic N) is 3. The normalized spacial score (nSPS) is 16.5. The molecule has 1 aliphatic heterocycles. The standard InChI is InChI=1S/C25H25ClN4O2S/c1-2-17-9-5-6-13-29(17)21(31)15-33-25-28-22-19-11-3-4-12-20(19)27-23(22)24(32)30(25)18-10-7-8-16(26)14-18/h3-4,7-8,10-12,14,17,27H,2,5-6,9,13,15H2,1H3. The molecule has 2 aromatic heterocycles. The number of piperidine rings is 1. The third-order valence-corrected chi connectivity index (χ3v) is 7.46. The molecule has 5 rings (SSSR count). The zero-order chi connectivity index (χ0) is 22.9. The molecule has 1 fully saturated rings. The number of likely N-dealkylation sites (tertiary alicyclic amines) is 1. The highest BCUT2D eigenvalue weighted by atomic mass is 35.5. The minimum atomic E-state index is -0.210. The van der Waals surface area contributed by atoms with Crippen molar-refractivity contribution in [1.29, 1.82) is 0 Å². The monoisotopic (exact) mass is 480 g/mol. The van der Waals surface area contributed by atoms with Crippen LogP contribution in [0.3, 0.4) is 0 Å². The van der Waals surface area contributed by atoms with Crippen molar-refractivity contribution < 1.29 is 4.79 Å². The molecule has 0 spiro atoms. The molecule has 33 heavy (non-hydrogen) atoms. The number of hydrogen-bond donors (Lipinski definition) is 1. The summed E-state index contributed by atoms with van der Waals surface area (Å²) in [6.45, 7) is 2.93. The van der Waals surface area contributed by atoms with Gasteiger partial charge in [0, 0.05) is 28.5 Å². The minimum absolute atomic E-state index is 0.0949. The summed E-state index contributed by atoms with van der Waals surface area (Å²) in [5.41, 5.74) is 2.33. The van der Waals surface area contributed by atoms with Crippen LogP contribution in [0.5, 0.6) is 0 Å². The Kier molecular flexibility index (Phi) is 6.17. The molecule has 1 unspecified atom stereocenters. The van der Waals surface area contributed by atoms with Crippen LogP contribution in [0.2, 0.25) is 5.02 Å². The summed E-state index contributed by atoms with van der Waals surface area (Å²) in [6.07, 6.45) is 4.23. The predicted molar refractivity (Wildman–Crippen MR) is 135 cm³/mol. The van der Waals surface area contributed by atoms with E-state index in [4.69, 9.17) is 16.6 Å². The molecule has 8 heteroatoms. The number of H-pyrrole nitrogens is 1. The SMILES string of the molecule is CCC1CCCCN1C(=O)CSc1nc2c([nH]c3ccccc32)c(=O)n1-c1cccc(Cl)c1. The molecule has 1 saturated heterocycles. The number of nitrogens with one attached hydrogen (secondary N) is 1. The van der Waals surface area contributed by atoms with Crippen LogP contribution in [0.4, 0.5) is 0 Å². The molecule has 1 N–H and O–H groups in total. The van der Waals surface area contributed by atoms with E-state index < -0.39 is 0 Å². The Morgan fingerprint density at radius 3 is 2.88 bits per heavy atom. The Labute approximate surface area is 200 Å². The lowest BCUT2D eigenvalue weighted by atomic mass is 10.0. The van der Waals surface area contributed by atoms with Crippen molar-refractivity contribution in [3.05, 3.63) is 63.9 Å². The fourth-order valence-corrected chi connectivity index (χ4v) is 5.72. The van der Waals surface area contributed by atoms with Crippen LogP contribution in [-0.2, 0) is 4.79 Å². The molecule has 170 valence electrons. The number of thioether (sulfide) groups is 1. The summed E-state index contributed by atoms with van der Waals surface area (Å²) in [5, 5.41) is 1.90. The Hall–Kier alpha value is -2.77. The van der Waals surface area contributed by atoms with Gasteiger partial charge in [0.15, 0.2) is 5.16 Å². The number of halogens is 1. The van der Waals surface area contributed by atoms with E-state index >= 15 is 0 Å². The number of hydrogen-bond acceptors (Lipinski definition) is 4. The number of rotatable bonds is 5. The second-order valence-corrected chi connectivity index (χ2v) is 9.72. The van der Waals surface area contributed by atoms with Crippen LogP contribution < -0.4 is 5.56 Å². The Morgan fingerprint density at radius 1 is 1.21 bits per heavy atom. The van der Waals surface area contributed by atoms with Gasteiger partial charge < -0.3 is 9.88 Å². The van der Waals surface area contributed by atoms with Crippen LogP contribution in [0, 0.1) is 0 Å². The van der Waals surface area contributed by atoms with Gasteiger partial charge in [-0.3, -0.25) is 14.2 Å². The smallest absolute Gasteiger partial charge is 0.283 e. The molecule has 1 aliphatic rings. The van der Waals surface area contributed by atoms with Crippen molar-refractivity contribution >= 4 is 51.2 Å². The van der Waals surface area contributed by atoms with E-state index in [0.717, 1.165) is 36.7 Å². The Balaban J connectivity index is 1.58. The molecule has 1 atom stereocenters. The van der Waals surface area contributed by atoms with Gasteiger partial charge in [0.05, 0.1) is 11.4 Å². The number of para-hydroxylation sites is 1. The third-order valence-electron chi connectivity index (χ3n) is 6.30. The number of amides is 1. The summed E-state index contributed by atoms with van der Waals surface area (Å²) in [4.78, 5) is 36.8. The zero-order valence-electron chi connectivity index (χ0n) is 18.4. The number of benzene rings is 2. The van der Waals surface area contributed by atoms with Gasteiger partial charge in [-0.15, -0.1) is 0 Å². The van der Waals surface area contributed by atoms with Gasteiger partial charge >= 0.3 is 0 Å². The molecule has 2 aromatic carbocycles. The zero-order valence-corrected chi connectivity index (χ0v) is 20.0. The maximum atomic E-state index is 13.6. The van der Waals surface area contributed by atoms with Gasteiger partial charge in [-0.05, 0) is 49.9 Å². The average Bonchev–Trinajstić information content (AvgIpc) is 3.21. The van der Waals surface area contributed by atoms with E-state index in [1.807, 2.05) is 35.2 Å². The van der Waals surface area contributed by atoms with Crippen molar-refractivity contribution in [1.82, 2.24) is 19.4 Å². The first kappa shape index (κ1) is 22.0. The topological polar surface area (TPSA) is 71.0 Å². The highest BCUT2D eigenvalue weighted by Crippen LogP contribution is 2.28. The van der Waals surface area contributed by atoms with Gasteiger partial charge in [0.1, 0.15) is 11.0 Å². The van der Waals surface area contributed by atoms with Crippen molar-refractivity contribution in [2.24, 2.45) is 0 Å². The first-order chi connectivity index (χ1) is 16.1. The van der Waals surface area contributed by atoms with E-state index in [1.54, 1.807) is 22.8 Å². The molecule has 1 amide bonds. The lowest BCUT2D eigenvalue weighted by molar-refractivity contribution is -0.132. The van der Waals surface area contributed by atoms with E-state index in [0.29, 0.717) is 32.9 Å². The maximum absolute atomic E-state index is 13.6. The average molecular weight is 481 g/mol. The minimum Gasteiger partial charge on any atom is -0.349 e. The maximum Gasteiger partial charge on any atom is 0.283 e. The van der Waals surface area contributed by atoms with Gasteiger partial charge in [-0.25, -0.2) is 4.98 Å². The molecular weight excluding hydrogens is 456 g/mol. The summed E-state index contributed by atoms with van der Waals surface area (Å²) in [7, 11) is 0. The van der Waals surface area contributed by atoms with Crippen molar-refractivity contribution in [3.63, 3.8) is 0 Å². The van der Waals surface area contributed by atoms with E-state index in [9.17, 15) is 9.59 Å². The molecule has 6 nitrogen and oxygen atoms in total. The van der Waals surface area contributed by atoms with Crippen LogP contribution in [0.1, 0.15) is 32.6 Å². The number of aromatic amines is 1. The number of aromatic nitrogens is 3. The number of carbonyl (C=O) groups excluding carboxylic acids is 1. The van der Waals surface area contributed by atoms with Crippen LogP contribution in [-0.4, -0.2) is 43.7 Å². The molecule has 0 aliphatic carbocycles. The van der Waals surface area contributed by atoms with Gasteiger partial charge in [0.2, 0.25) is 5.91 Å². The van der Waals surface area contributed by atoms with Crippen LogP contribution in [0.25, 0.3) is 27.6 Å². The molecule has 0 saturated carbocycles. The van der Waals surface area contributed by atoms with Crippen LogP contribution >= 0.6 is 23.4 Å². The van der Waals surface area contributed by atoms with Gasteiger partial charge in [-0.2, -0.15) is 0 Å². The summed E-state index contributed by atoms with van der Waals surface area (Å²) >= 11 is 7.54. The molecule has 0 bridgehead atoms. The van der Waals surface area contributed by atoms with Gasteiger partial charge in [-0.1, -0.05) is 54.6 Å². The Morgan fingerprint density at radius 2 is 2.06 bits per heavy atom. The lowest BCUT2D eigenvalue weighted by Crippen LogP contribution is -2.44. The van der Waals surface area contributed by atoms with Crippen LogP contribution in [0.15, 0.2) is 58.5 Å². The predicted octanol–water partition coefficient (Wildman–Crippen LogP) is 5.40. The fraction of sp³-hybridized carbons (Fsp3) is 0.320. The van der Waals surface area contributed by atoms with E-state index in [1.165, 1.54) is 18.2 Å². The first-order valence-corrected chi connectivity index (χ1v) is 12.6. The highest BCUT2D eigenvalue weighted by molar-refractivity contribution is 7.99. The van der Waals surface area contributed by atoms with E-state index in [-0.39, 0.29) is 17.2 Å².